The number of ether oxygens (including phenoxy) is 1. The molecule has 0 bridgehead atoms. The van der Waals surface area contributed by atoms with Gasteiger partial charge in [-0.25, -0.2) is 9.78 Å². The number of unbranched alkanes of at least 4 members (excludes halogenated alkanes) is 1. The number of aromatic nitrogens is 1. The van der Waals surface area contributed by atoms with Crippen LogP contribution in [0.4, 0.5) is 0 Å². The second-order valence-electron chi connectivity index (χ2n) is 2.85. The van der Waals surface area contributed by atoms with Crippen molar-refractivity contribution in [2.75, 3.05) is 6.61 Å². The van der Waals surface area contributed by atoms with E-state index in [0.717, 1.165) is 17.3 Å². The van der Waals surface area contributed by atoms with Gasteiger partial charge in [0.25, 0.3) is 0 Å². The van der Waals surface area contributed by atoms with Crippen molar-refractivity contribution >= 4 is 21.9 Å². The van der Waals surface area contributed by atoms with Gasteiger partial charge < -0.3 is 4.74 Å². The highest BCUT2D eigenvalue weighted by Gasteiger charge is 2.07. The minimum Gasteiger partial charge on any atom is -0.461 e. The second-order valence-corrected chi connectivity index (χ2v) is 3.77. The largest absolute Gasteiger partial charge is 0.461 e. The van der Waals surface area contributed by atoms with Gasteiger partial charge in [0.15, 0.2) is 0 Å². The van der Waals surface area contributed by atoms with Gasteiger partial charge in [0, 0.05) is 10.7 Å². The topological polar surface area (TPSA) is 39.2 Å². The first-order valence-electron chi connectivity index (χ1n) is 4.52. The molecule has 0 radical (unpaired) electrons. The molecule has 0 aliphatic rings. The third kappa shape index (κ3) is 3.46. The van der Waals surface area contributed by atoms with Crippen molar-refractivity contribution in [3.63, 3.8) is 0 Å². The molecule has 1 aromatic rings. The Morgan fingerprint density at radius 3 is 2.93 bits per heavy atom. The standard InChI is InChI=1S/C10H12BrNO2/c1-2-3-6-14-10(13)9-5-4-8(11)7-12-9/h4-5,7H,2-3,6H2,1H3. The molecule has 0 aliphatic carbocycles. The predicted molar refractivity (Wildman–Crippen MR) is 57.1 cm³/mol. The van der Waals surface area contributed by atoms with Crippen LogP contribution in [0.5, 0.6) is 0 Å². The third-order valence-electron chi connectivity index (χ3n) is 1.67. The van der Waals surface area contributed by atoms with E-state index in [2.05, 4.69) is 20.9 Å². The fourth-order valence-corrected chi connectivity index (χ4v) is 1.11. The van der Waals surface area contributed by atoms with Crippen LogP contribution < -0.4 is 0 Å². The first-order valence-corrected chi connectivity index (χ1v) is 5.32. The summed E-state index contributed by atoms with van der Waals surface area (Å²) in [5.74, 6) is -0.356. The zero-order chi connectivity index (χ0) is 10.4. The molecule has 0 saturated heterocycles. The Bertz CT molecular complexity index is 297. The van der Waals surface area contributed by atoms with Crippen LogP contribution in [0.25, 0.3) is 0 Å². The summed E-state index contributed by atoms with van der Waals surface area (Å²) in [5, 5.41) is 0. The van der Waals surface area contributed by atoms with Gasteiger partial charge in [-0.1, -0.05) is 13.3 Å². The molecule has 1 aromatic heterocycles. The Balaban J connectivity index is 2.48. The number of hydrogen-bond acceptors (Lipinski definition) is 3. The monoisotopic (exact) mass is 257 g/mol. The maximum Gasteiger partial charge on any atom is 0.356 e. The highest BCUT2D eigenvalue weighted by molar-refractivity contribution is 9.10. The van der Waals surface area contributed by atoms with Crippen LogP contribution in [-0.4, -0.2) is 17.6 Å². The molecular formula is C10H12BrNO2. The Morgan fingerprint density at radius 2 is 2.36 bits per heavy atom. The second kappa shape index (κ2) is 5.75. The van der Waals surface area contributed by atoms with Crippen LogP contribution in [0, 0.1) is 0 Å². The summed E-state index contributed by atoms with van der Waals surface area (Å²) < 4.78 is 5.84. The molecule has 0 aromatic carbocycles. The average Bonchev–Trinajstić information content (AvgIpc) is 2.19. The summed E-state index contributed by atoms with van der Waals surface area (Å²) >= 11 is 3.24. The molecule has 0 saturated carbocycles. The number of carbonyl (C=O) groups is 1. The van der Waals surface area contributed by atoms with Crippen molar-refractivity contribution in [3.05, 3.63) is 28.5 Å². The van der Waals surface area contributed by atoms with E-state index >= 15 is 0 Å². The number of halogens is 1. The number of esters is 1. The van der Waals surface area contributed by atoms with E-state index in [4.69, 9.17) is 4.74 Å². The Hall–Kier alpha value is -0.900. The van der Waals surface area contributed by atoms with E-state index < -0.39 is 0 Å². The van der Waals surface area contributed by atoms with Gasteiger partial charge in [0.1, 0.15) is 5.69 Å². The van der Waals surface area contributed by atoms with Gasteiger partial charge in [-0.05, 0) is 34.5 Å². The number of pyridine rings is 1. The van der Waals surface area contributed by atoms with Crippen LogP contribution in [0.3, 0.4) is 0 Å². The summed E-state index contributed by atoms with van der Waals surface area (Å²) in [6, 6.07) is 3.40. The summed E-state index contributed by atoms with van der Waals surface area (Å²) in [5.41, 5.74) is 0.351. The van der Waals surface area contributed by atoms with Crippen LogP contribution in [0.15, 0.2) is 22.8 Å². The zero-order valence-corrected chi connectivity index (χ0v) is 9.58. The van der Waals surface area contributed by atoms with Crippen LogP contribution >= 0.6 is 15.9 Å². The number of carbonyl (C=O) groups excluding carboxylic acids is 1. The van der Waals surface area contributed by atoms with Crippen molar-refractivity contribution in [1.29, 1.82) is 0 Å². The average molecular weight is 258 g/mol. The molecule has 1 heterocycles. The van der Waals surface area contributed by atoms with E-state index in [1.54, 1.807) is 18.3 Å². The van der Waals surface area contributed by atoms with E-state index in [-0.39, 0.29) is 5.97 Å². The highest BCUT2D eigenvalue weighted by Crippen LogP contribution is 2.08. The Kier molecular flexibility index (Phi) is 4.59. The molecule has 4 heteroatoms. The van der Waals surface area contributed by atoms with Crippen molar-refractivity contribution in [2.24, 2.45) is 0 Å². The molecule has 0 N–H and O–H groups in total. The first kappa shape index (κ1) is 11.2. The summed E-state index contributed by atoms with van der Waals surface area (Å²) in [7, 11) is 0. The normalized spacial score (nSPS) is 9.86. The van der Waals surface area contributed by atoms with Crippen LogP contribution in [-0.2, 0) is 4.74 Å². The van der Waals surface area contributed by atoms with Gasteiger partial charge in [-0.3, -0.25) is 0 Å². The van der Waals surface area contributed by atoms with Gasteiger partial charge in [0.05, 0.1) is 6.61 Å². The van der Waals surface area contributed by atoms with E-state index in [0.29, 0.717) is 12.3 Å². The van der Waals surface area contributed by atoms with E-state index in [1.807, 2.05) is 6.92 Å². The minimum absolute atomic E-state index is 0.351. The molecule has 3 nitrogen and oxygen atoms in total. The smallest absolute Gasteiger partial charge is 0.356 e. The number of rotatable bonds is 4. The maximum absolute atomic E-state index is 11.3. The Labute approximate surface area is 91.6 Å². The van der Waals surface area contributed by atoms with Crippen molar-refractivity contribution in [1.82, 2.24) is 4.98 Å². The molecule has 0 aliphatic heterocycles. The minimum atomic E-state index is -0.356. The van der Waals surface area contributed by atoms with E-state index in [1.165, 1.54) is 0 Å². The molecule has 0 unspecified atom stereocenters. The molecular weight excluding hydrogens is 246 g/mol. The predicted octanol–water partition coefficient (Wildman–Crippen LogP) is 2.80. The SMILES string of the molecule is CCCCOC(=O)c1ccc(Br)cn1. The highest BCUT2D eigenvalue weighted by atomic mass is 79.9. The zero-order valence-electron chi connectivity index (χ0n) is 8.00. The summed E-state index contributed by atoms with van der Waals surface area (Å²) in [6.07, 6.45) is 3.49. The number of hydrogen-bond donors (Lipinski definition) is 0. The molecule has 0 amide bonds. The van der Waals surface area contributed by atoms with Crippen molar-refractivity contribution in [2.45, 2.75) is 19.8 Å². The first-order chi connectivity index (χ1) is 6.74. The van der Waals surface area contributed by atoms with Crippen molar-refractivity contribution in [3.8, 4) is 0 Å². The van der Waals surface area contributed by atoms with Crippen LogP contribution in [0.1, 0.15) is 30.3 Å². The van der Waals surface area contributed by atoms with Gasteiger partial charge in [-0.2, -0.15) is 0 Å². The maximum atomic E-state index is 11.3. The van der Waals surface area contributed by atoms with E-state index in [9.17, 15) is 4.79 Å². The molecule has 0 fully saturated rings. The lowest BCUT2D eigenvalue weighted by Crippen LogP contribution is -2.07. The lowest BCUT2D eigenvalue weighted by molar-refractivity contribution is 0.0493. The number of nitrogens with zero attached hydrogens (tertiary/aromatic N) is 1. The lowest BCUT2D eigenvalue weighted by atomic mass is 10.3. The molecule has 0 atom stereocenters. The summed E-state index contributed by atoms with van der Waals surface area (Å²) in [6.45, 7) is 2.51. The van der Waals surface area contributed by atoms with Gasteiger partial charge >= 0.3 is 5.97 Å². The van der Waals surface area contributed by atoms with Crippen molar-refractivity contribution < 1.29 is 9.53 Å². The molecule has 76 valence electrons. The Morgan fingerprint density at radius 1 is 1.57 bits per heavy atom. The van der Waals surface area contributed by atoms with Gasteiger partial charge in [0.2, 0.25) is 0 Å². The third-order valence-corrected chi connectivity index (χ3v) is 2.14. The summed E-state index contributed by atoms with van der Waals surface area (Å²) in [4.78, 5) is 15.3. The quantitative estimate of drug-likeness (QED) is 0.615. The lowest BCUT2D eigenvalue weighted by Gasteiger charge is -2.02. The molecule has 0 spiro atoms. The van der Waals surface area contributed by atoms with Crippen LogP contribution in [0.2, 0.25) is 0 Å². The van der Waals surface area contributed by atoms with Gasteiger partial charge in [-0.15, -0.1) is 0 Å². The molecule has 1 rings (SSSR count). The molecule has 14 heavy (non-hydrogen) atoms. The fourth-order valence-electron chi connectivity index (χ4n) is 0.880. The fraction of sp³-hybridized carbons (Fsp3) is 0.400.